The Kier molecular flexibility index (Phi) is 5.78. The standard InChI is InChI=1S/C21H26N2O3/c1-15-8-9-17(22)12-20(15)21(24)23(14-19-7-4-10-26-19)13-16-5-3-6-18(11-16)25-2/h3,5-6,8-9,11-12,19H,4,7,10,13-14,22H2,1-2H3. The summed E-state index contributed by atoms with van der Waals surface area (Å²) in [5, 5.41) is 0. The summed E-state index contributed by atoms with van der Waals surface area (Å²) in [5.74, 6) is 0.764. The zero-order valence-electron chi connectivity index (χ0n) is 15.4. The first-order valence-electron chi connectivity index (χ1n) is 8.97. The maximum Gasteiger partial charge on any atom is 0.254 e. The number of nitrogen functional groups attached to an aromatic ring is 1. The summed E-state index contributed by atoms with van der Waals surface area (Å²) in [6.07, 6.45) is 2.12. The van der Waals surface area contributed by atoms with Crippen molar-refractivity contribution < 1.29 is 14.3 Å². The molecule has 0 saturated carbocycles. The number of ether oxygens (including phenoxy) is 2. The number of carbonyl (C=O) groups is 1. The van der Waals surface area contributed by atoms with Crippen molar-refractivity contribution in [2.24, 2.45) is 0 Å². The van der Waals surface area contributed by atoms with Gasteiger partial charge in [-0.05, 0) is 55.2 Å². The van der Waals surface area contributed by atoms with Crippen molar-refractivity contribution >= 4 is 11.6 Å². The average Bonchev–Trinajstić information content (AvgIpc) is 3.16. The molecule has 0 aromatic heterocycles. The molecule has 5 nitrogen and oxygen atoms in total. The van der Waals surface area contributed by atoms with Gasteiger partial charge in [0.15, 0.2) is 0 Å². The van der Waals surface area contributed by atoms with Gasteiger partial charge in [0.05, 0.1) is 13.2 Å². The zero-order valence-corrected chi connectivity index (χ0v) is 15.4. The van der Waals surface area contributed by atoms with E-state index in [1.807, 2.05) is 48.2 Å². The fourth-order valence-electron chi connectivity index (χ4n) is 3.28. The molecule has 0 radical (unpaired) electrons. The van der Waals surface area contributed by atoms with E-state index in [1.165, 1.54) is 0 Å². The number of anilines is 1. The zero-order chi connectivity index (χ0) is 18.5. The van der Waals surface area contributed by atoms with Gasteiger partial charge >= 0.3 is 0 Å². The molecule has 2 N–H and O–H groups in total. The molecule has 1 aliphatic heterocycles. The fraction of sp³-hybridized carbons (Fsp3) is 0.381. The predicted octanol–water partition coefficient (Wildman–Crippen LogP) is 3.41. The van der Waals surface area contributed by atoms with Crippen LogP contribution in [0.2, 0.25) is 0 Å². The molecule has 0 spiro atoms. The van der Waals surface area contributed by atoms with Crippen LogP contribution in [0, 0.1) is 6.92 Å². The van der Waals surface area contributed by atoms with Gasteiger partial charge in [0.2, 0.25) is 0 Å². The van der Waals surface area contributed by atoms with Gasteiger partial charge in [-0.2, -0.15) is 0 Å². The molecule has 1 atom stereocenters. The van der Waals surface area contributed by atoms with Gasteiger partial charge in [0.1, 0.15) is 5.75 Å². The van der Waals surface area contributed by atoms with Crippen LogP contribution in [0.15, 0.2) is 42.5 Å². The number of rotatable bonds is 6. The van der Waals surface area contributed by atoms with Crippen molar-refractivity contribution in [2.45, 2.75) is 32.4 Å². The Morgan fingerprint density at radius 2 is 2.15 bits per heavy atom. The second kappa shape index (κ2) is 8.23. The van der Waals surface area contributed by atoms with Crippen LogP contribution in [0.4, 0.5) is 5.69 Å². The largest absolute Gasteiger partial charge is 0.497 e. The minimum atomic E-state index is -0.0203. The molecule has 2 aromatic carbocycles. The summed E-state index contributed by atoms with van der Waals surface area (Å²) >= 11 is 0. The quantitative estimate of drug-likeness (QED) is 0.808. The van der Waals surface area contributed by atoms with E-state index in [9.17, 15) is 4.79 Å². The summed E-state index contributed by atoms with van der Waals surface area (Å²) in [4.78, 5) is 15.1. The molecule has 0 bridgehead atoms. The lowest BCUT2D eigenvalue weighted by Crippen LogP contribution is -2.37. The van der Waals surface area contributed by atoms with Gasteiger partial charge < -0.3 is 20.1 Å². The van der Waals surface area contributed by atoms with E-state index >= 15 is 0 Å². The van der Waals surface area contributed by atoms with Gasteiger partial charge in [-0.25, -0.2) is 0 Å². The lowest BCUT2D eigenvalue weighted by Gasteiger charge is -2.26. The van der Waals surface area contributed by atoms with Crippen molar-refractivity contribution in [1.29, 1.82) is 0 Å². The van der Waals surface area contributed by atoms with E-state index in [4.69, 9.17) is 15.2 Å². The SMILES string of the molecule is COc1cccc(CN(CC2CCCO2)C(=O)c2cc(N)ccc2C)c1. The van der Waals surface area contributed by atoms with Crippen molar-refractivity contribution in [3.05, 3.63) is 59.2 Å². The van der Waals surface area contributed by atoms with Crippen molar-refractivity contribution in [1.82, 2.24) is 4.90 Å². The number of nitrogens with two attached hydrogens (primary N) is 1. The third-order valence-corrected chi connectivity index (χ3v) is 4.73. The summed E-state index contributed by atoms with van der Waals surface area (Å²) in [6.45, 7) is 3.78. The van der Waals surface area contributed by atoms with Crippen LogP contribution in [0.3, 0.4) is 0 Å². The number of hydrogen-bond donors (Lipinski definition) is 1. The number of aryl methyl sites for hydroxylation is 1. The van der Waals surface area contributed by atoms with Gasteiger partial charge in [-0.3, -0.25) is 4.79 Å². The molecule has 26 heavy (non-hydrogen) atoms. The number of carbonyl (C=O) groups excluding carboxylic acids is 1. The molecule has 1 fully saturated rings. The van der Waals surface area contributed by atoms with Gasteiger partial charge in [-0.1, -0.05) is 18.2 Å². The van der Waals surface area contributed by atoms with Crippen LogP contribution in [-0.2, 0) is 11.3 Å². The van der Waals surface area contributed by atoms with E-state index in [0.717, 1.165) is 36.3 Å². The molecule has 138 valence electrons. The Morgan fingerprint density at radius 3 is 2.88 bits per heavy atom. The van der Waals surface area contributed by atoms with Crippen LogP contribution < -0.4 is 10.5 Å². The second-order valence-electron chi connectivity index (χ2n) is 6.75. The Labute approximate surface area is 154 Å². The summed E-state index contributed by atoms with van der Waals surface area (Å²) in [7, 11) is 1.64. The molecule has 1 unspecified atom stereocenters. The highest BCUT2D eigenvalue weighted by Crippen LogP contribution is 2.21. The van der Waals surface area contributed by atoms with Crippen LogP contribution in [-0.4, -0.2) is 37.2 Å². The molecule has 1 saturated heterocycles. The number of hydrogen-bond acceptors (Lipinski definition) is 4. The Hall–Kier alpha value is -2.53. The third-order valence-electron chi connectivity index (χ3n) is 4.73. The maximum absolute atomic E-state index is 13.2. The highest BCUT2D eigenvalue weighted by Gasteiger charge is 2.24. The van der Waals surface area contributed by atoms with Crippen molar-refractivity contribution in [3.63, 3.8) is 0 Å². The topological polar surface area (TPSA) is 64.8 Å². The van der Waals surface area contributed by atoms with E-state index in [0.29, 0.717) is 24.3 Å². The smallest absolute Gasteiger partial charge is 0.254 e. The first-order valence-corrected chi connectivity index (χ1v) is 8.97. The molecular formula is C21H26N2O3. The normalized spacial score (nSPS) is 16.5. The number of methoxy groups -OCH3 is 1. The van der Waals surface area contributed by atoms with E-state index in [-0.39, 0.29) is 12.0 Å². The molecule has 2 aromatic rings. The molecule has 0 aliphatic carbocycles. The van der Waals surface area contributed by atoms with Crippen LogP contribution in [0.25, 0.3) is 0 Å². The summed E-state index contributed by atoms with van der Waals surface area (Å²) in [6, 6.07) is 13.3. The van der Waals surface area contributed by atoms with Crippen LogP contribution in [0.1, 0.15) is 34.3 Å². The molecule has 3 rings (SSSR count). The minimum Gasteiger partial charge on any atom is -0.497 e. The van der Waals surface area contributed by atoms with Gasteiger partial charge in [-0.15, -0.1) is 0 Å². The van der Waals surface area contributed by atoms with Crippen LogP contribution in [0.5, 0.6) is 5.75 Å². The highest BCUT2D eigenvalue weighted by atomic mass is 16.5. The molecule has 1 amide bonds. The van der Waals surface area contributed by atoms with Crippen LogP contribution >= 0.6 is 0 Å². The maximum atomic E-state index is 13.2. The summed E-state index contributed by atoms with van der Waals surface area (Å²) in [5.41, 5.74) is 9.10. The van der Waals surface area contributed by atoms with Gasteiger partial charge in [0.25, 0.3) is 5.91 Å². The van der Waals surface area contributed by atoms with Gasteiger partial charge in [0, 0.05) is 30.9 Å². The molecule has 5 heteroatoms. The lowest BCUT2D eigenvalue weighted by atomic mass is 10.1. The molecular weight excluding hydrogens is 328 g/mol. The predicted molar refractivity (Wildman–Crippen MR) is 102 cm³/mol. The lowest BCUT2D eigenvalue weighted by molar-refractivity contribution is 0.0506. The second-order valence-corrected chi connectivity index (χ2v) is 6.75. The average molecular weight is 354 g/mol. The number of nitrogens with zero attached hydrogens (tertiary/aromatic N) is 1. The highest BCUT2D eigenvalue weighted by molar-refractivity contribution is 5.96. The molecule has 1 aliphatic rings. The monoisotopic (exact) mass is 354 g/mol. The number of amides is 1. The van der Waals surface area contributed by atoms with Crippen molar-refractivity contribution in [2.75, 3.05) is 26.0 Å². The first kappa shape index (κ1) is 18.3. The molecule has 1 heterocycles. The van der Waals surface area contributed by atoms with E-state index in [2.05, 4.69) is 0 Å². The number of benzene rings is 2. The van der Waals surface area contributed by atoms with E-state index in [1.54, 1.807) is 13.2 Å². The summed E-state index contributed by atoms with van der Waals surface area (Å²) < 4.78 is 11.1. The fourth-order valence-corrected chi connectivity index (χ4v) is 3.28. The van der Waals surface area contributed by atoms with E-state index < -0.39 is 0 Å². The Bertz CT molecular complexity index is 770. The first-order chi connectivity index (χ1) is 12.6. The Morgan fingerprint density at radius 1 is 1.31 bits per heavy atom. The minimum absolute atomic E-state index is 0.0203. The Balaban J connectivity index is 1.86. The van der Waals surface area contributed by atoms with Crippen molar-refractivity contribution in [3.8, 4) is 5.75 Å². The third kappa shape index (κ3) is 4.35.